The van der Waals surface area contributed by atoms with E-state index >= 15 is 0 Å². The molecule has 5 rings (SSSR count). The van der Waals surface area contributed by atoms with Crippen LogP contribution in [0.1, 0.15) is 61.6 Å². The third-order valence-corrected chi connectivity index (χ3v) is 6.80. The lowest BCUT2D eigenvalue weighted by molar-refractivity contribution is 0.255. The van der Waals surface area contributed by atoms with Gasteiger partial charge in [-0.05, 0) is 69.4 Å². The molecule has 0 bridgehead atoms. The maximum Gasteiger partial charge on any atom is 0.270 e. The second kappa shape index (κ2) is 8.67. The van der Waals surface area contributed by atoms with Crippen molar-refractivity contribution >= 4 is 22.8 Å². The number of nitrogens with one attached hydrogen (secondary N) is 1. The van der Waals surface area contributed by atoms with Crippen LogP contribution in [0.25, 0.3) is 11.0 Å². The van der Waals surface area contributed by atoms with E-state index in [2.05, 4.69) is 38.3 Å². The fourth-order valence-electron chi connectivity index (χ4n) is 4.94. The molecule has 1 saturated heterocycles. The van der Waals surface area contributed by atoms with Crippen molar-refractivity contribution in [2.45, 2.75) is 50.5 Å². The van der Waals surface area contributed by atoms with Crippen LogP contribution in [-0.2, 0) is 0 Å². The molecule has 0 radical (unpaired) electrons. The SMILES string of the molecule is CN1CCC(c2ccc(Nc3ncc4cc(C#N)c(=O)n(C5CCCC5)c4n3)nc2)CC1. The summed E-state index contributed by atoms with van der Waals surface area (Å²) < 4.78 is 1.70. The molecule has 2 fully saturated rings. The summed E-state index contributed by atoms with van der Waals surface area (Å²) in [5.41, 5.74) is 1.71. The minimum Gasteiger partial charge on any atom is -0.309 e. The highest BCUT2D eigenvalue weighted by Crippen LogP contribution is 2.31. The largest absolute Gasteiger partial charge is 0.309 e. The van der Waals surface area contributed by atoms with E-state index in [1.807, 2.05) is 18.3 Å². The molecule has 164 valence electrons. The number of hydrogen-bond donors (Lipinski definition) is 1. The molecule has 1 aliphatic carbocycles. The van der Waals surface area contributed by atoms with Crippen LogP contribution in [0.5, 0.6) is 0 Å². The van der Waals surface area contributed by atoms with E-state index < -0.39 is 0 Å². The van der Waals surface area contributed by atoms with E-state index in [0.717, 1.165) is 51.6 Å². The van der Waals surface area contributed by atoms with E-state index in [-0.39, 0.29) is 17.2 Å². The molecule has 8 nitrogen and oxygen atoms in total. The Morgan fingerprint density at radius 1 is 1.09 bits per heavy atom. The van der Waals surface area contributed by atoms with Crippen LogP contribution in [0.2, 0.25) is 0 Å². The van der Waals surface area contributed by atoms with E-state index in [1.165, 1.54) is 5.56 Å². The molecule has 0 spiro atoms. The molecule has 3 aromatic rings. The summed E-state index contributed by atoms with van der Waals surface area (Å²) in [5, 5.41) is 13.3. The predicted octanol–water partition coefficient (Wildman–Crippen LogP) is 3.73. The number of hydrogen-bond acceptors (Lipinski definition) is 7. The minimum absolute atomic E-state index is 0.0768. The van der Waals surface area contributed by atoms with Crippen LogP contribution in [0.15, 0.2) is 35.4 Å². The Balaban J connectivity index is 1.43. The van der Waals surface area contributed by atoms with Gasteiger partial charge in [0, 0.05) is 23.8 Å². The number of likely N-dealkylation sites (tertiary alicyclic amines) is 1. The Kier molecular flexibility index (Phi) is 5.58. The zero-order valence-electron chi connectivity index (χ0n) is 18.3. The molecule has 1 aliphatic heterocycles. The van der Waals surface area contributed by atoms with Crippen molar-refractivity contribution in [1.29, 1.82) is 5.26 Å². The Labute approximate surface area is 186 Å². The molecule has 4 heterocycles. The van der Waals surface area contributed by atoms with Crippen molar-refractivity contribution in [3.05, 3.63) is 52.1 Å². The molecule has 32 heavy (non-hydrogen) atoms. The van der Waals surface area contributed by atoms with Crippen molar-refractivity contribution in [3.63, 3.8) is 0 Å². The van der Waals surface area contributed by atoms with Crippen molar-refractivity contribution in [3.8, 4) is 6.07 Å². The van der Waals surface area contributed by atoms with Gasteiger partial charge in [0.1, 0.15) is 23.1 Å². The van der Waals surface area contributed by atoms with Crippen LogP contribution in [0.4, 0.5) is 11.8 Å². The fraction of sp³-hybridized carbons (Fsp3) is 0.458. The van der Waals surface area contributed by atoms with Crippen molar-refractivity contribution in [1.82, 2.24) is 24.4 Å². The lowest BCUT2D eigenvalue weighted by Gasteiger charge is -2.29. The monoisotopic (exact) mass is 429 g/mol. The lowest BCUT2D eigenvalue weighted by Crippen LogP contribution is -2.29. The van der Waals surface area contributed by atoms with Gasteiger partial charge in [-0.2, -0.15) is 10.2 Å². The summed E-state index contributed by atoms with van der Waals surface area (Å²) in [6, 6.07) is 7.77. The number of rotatable bonds is 4. The molecule has 2 aliphatic rings. The fourth-order valence-corrected chi connectivity index (χ4v) is 4.94. The number of pyridine rings is 2. The van der Waals surface area contributed by atoms with E-state index in [9.17, 15) is 10.1 Å². The summed E-state index contributed by atoms with van der Waals surface area (Å²) in [4.78, 5) is 28.9. The van der Waals surface area contributed by atoms with Gasteiger partial charge < -0.3 is 10.2 Å². The van der Waals surface area contributed by atoms with E-state index in [1.54, 1.807) is 16.8 Å². The molecule has 0 aromatic carbocycles. The number of anilines is 2. The number of nitrogens with zero attached hydrogens (tertiary/aromatic N) is 6. The highest BCUT2D eigenvalue weighted by molar-refractivity contribution is 5.77. The maximum absolute atomic E-state index is 12.9. The van der Waals surface area contributed by atoms with Crippen LogP contribution >= 0.6 is 0 Å². The van der Waals surface area contributed by atoms with Gasteiger partial charge in [0.25, 0.3) is 5.56 Å². The molecule has 0 unspecified atom stereocenters. The molecular formula is C24H27N7O. The summed E-state index contributed by atoms with van der Waals surface area (Å²) in [6.45, 7) is 2.23. The van der Waals surface area contributed by atoms with Gasteiger partial charge >= 0.3 is 0 Å². The number of piperidine rings is 1. The lowest BCUT2D eigenvalue weighted by atomic mass is 9.91. The zero-order chi connectivity index (χ0) is 22.1. The number of nitriles is 1. The zero-order valence-corrected chi connectivity index (χ0v) is 18.3. The first-order valence-corrected chi connectivity index (χ1v) is 11.4. The first kappa shape index (κ1) is 20.6. The molecule has 0 atom stereocenters. The van der Waals surface area contributed by atoms with Gasteiger partial charge in [-0.15, -0.1) is 0 Å². The molecule has 1 N–H and O–H groups in total. The van der Waals surface area contributed by atoms with Gasteiger partial charge in [-0.25, -0.2) is 9.97 Å². The Morgan fingerprint density at radius 3 is 2.56 bits per heavy atom. The maximum atomic E-state index is 12.9. The number of fused-ring (bicyclic) bond motifs is 1. The molecule has 3 aromatic heterocycles. The topological polar surface area (TPSA) is 99.7 Å². The van der Waals surface area contributed by atoms with E-state index in [4.69, 9.17) is 0 Å². The standard InChI is InChI=1S/C24H27N7O/c1-30-10-8-16(9-11-30)17-6-7-21(26-14-17)28-24-27-15-19-12-18(13-25)23(32)31(22(19)29-24)20-4-2-3-5-20/h6-7,12,14-16,20H,2-5,8-11H2,1H3,(H,26,27,28,29). The molecular weight excluding hydrogens is 402 g/mol. The number of aromatic nitrogens is 4. The first-order chi connectivity index (χ1) is 15.6. The highest BCUT2D eigenvalue weighted by atomic mass is 16.1. The Hall–Kier alpha value is -3.31. The van der Waals surface area contributed by atoms with Crippen LogP contribution in [-0.4, -0.2) is 44.6 Å². The third-order valence-electron chi connectivity index (χ3n) is 6.80. The third kappa shape index (κ3) is 3.96. The van der Waals surface area contributed by atoms with Gasteiger partial charge in [0.05, 0.1) is 0 Å². The van der Waals surface area contributed by atoms with Gasteiger partial charge in [-0.3, -0.25) is 9.36 Å². The van der Waals surface area contributed by atoms with Crippen LogP contribution in [0.3, 0.4) is 0 Å². The van der Waals surface area contributed by atoms with Gasteiger partial charge in [-0.1, -0.05) is 18.9 Å². The van der Waals surface area contributed by atoms with E-state index in [0.29, 0.717) is 28.7 Å². The predicted molar refractivity (Wildman–Crippen MR) is 123 cm³/mol. The highest BCUT2D eigenvalue weighted by Gasteiger charge is 2.23. The summed E-state index contributed by atoms with van der Waals surface area (Å²) in [6.07, 6.45) is 9.94. The first-order valence-electron chi connectivity index (χ1n) is 11.4. The summed E-state index contributed by atoms with van der Waals surface area (Å²) >= 11 is 0. The van der Waals surface area contributed by atoms with Crippen molar-refractivity contribution in [2.24, 2.45) is 0 Å². The molecule has 1 saturated carbocycles. The van der Waals surface area contributed by atoms with Gasteiger partial charge in [0.2, 0.25) is 5.95 Å². The summed E-state index contributed by atoms with van der Waals surface area (Å²) in [5.74, 6) is 1.62. The normalized spacial score (nSPS) is 18.1. The van der Waals surface area contributed by atoms with Crippen molar-refractivity contribution < 1.29 is 0 Å². The average Bonchev–Trinajstić information content (AvgIpc) is 3.34. The second-order valence-corrected chi connectivity index (χ2v) is 8.94. The van der Waals surface area contributed by atoms with Crippen molar-refractivity contribution in [2.75, 3.05) is 25.5 Å². The smallest absolute Gasteiger partial charge is 0.270 e. The minimum atomic E-state index is -0.267. The quantitative estimate of drug-likeness (QED) is 0.674. The Bertz CT molecular complexity index is 1210. The van der Waals surface area contributed by atoms with Gasteiger partial charge in [0.15, 0.2) is 0 Å². The Morgan fingerprint density at radius 2 is 1.88 bits per heavy atom. The summed E-state index contributed by atoms with van der Waals surface area (Å²) in [7, 11) is 2.17. The van der Waals surface area contributed by atoms with Crippen LogP contribution in [0, 0.1) is 11.3 Å². The average molecular weight is 430 g/mol. The molecule has 0 amide bonds. The molecule has 8 heteroatoms. The second-order valence-electron chi connectivity index (χ2n) is 8.94. The van der Waals surface area contributed by atoms with Crippen LogP contribution < -0.4 is 10.9 Å².